The fourth-order valence-corrected chi connectivity index (χ4v) is 5.45. The van der Waals surface area contributed by atoms with Gasteiger partial charge in [0.1, 0.15) is 10.6 Å². The molecule has 5 rings (SSSR count). The van der Waals surface area contributed by atoms with Gasteiger partial charge in [-0.2, -0.15) is 0 Å². The third-order valence-corrected chi connectivity index (χ3v) is 6.91. The standard InChI is InChI=1S/C26H18ClNO3S/c27-16-11-9-15(10-12-16)22-14-32-25(24(22)26(30)31)28-23(29)13-21-19-7-3-1-5-17(19)18-6-2-4-8-20(18)21/h1-12,14,21H,13H2,(H,28,29)(H,30,31). The molecule has 0 saturated heterocycles. The maximum Gasteiger partial charge on any atom is 0.339 e. The van der Waals surface area contributed by atoms with Gasteiger partial charge in [-0.3, -0.25) is 4.79 Å². The van der Waals surface area contributed by atoms with Crippen LogP contribution < -0.4 is 5.32 Å². The van der Waals surface area contributed by atoms with Crippen molar-refractivity contribution in [2.45, 2.75) is 12.3 Å². The second kappa shape index (κ2) is 8.26. The third kappa shape index (κ3) is 3.60. The van der Waals surface area contributed by atoms with E-state index < -0.39 is 5.97 Å². The Balaban J connectivity index is 1.43. The summed E-state index contributed by atoms with van der Waals surface area (Å²) >= 11 is 7.17. The first-order chi connectivity index (χ1) is 15.5. The molecular formula is C26H18ClNO3S. The Labute approximate surface area is 194 Å². The van der Waals surface area contributed by atoms with Gasteiger partial charge in [0.25, 0.3) is 0 Å². The minimum absolute atomic E-state index is 0.0635. The van der Waals surface area contributed by atoms with Gasteiger partial charge in [0, 0.05) is 28.3 Å². The summed E-state index contributed by atoms with van der Waals surface area (Å²) in [6, 6.07) is 23.2. The molecule has 1 amide bonds. The highest BCUT2D eigenvalue weighted by atomic mass is 35.5. The lowest BCUT2D eigenvalue weighted by molar-refractivity contribution is -0.116. The summed E-state index contributed by atoms with van der Waals surface area (Å²) in [5.41, 5.74) is 5.93. The van der Waals surface area contributed by atoms with Crippen LogP contribution in [0.3, 0.4) is 0 Å². The number of carboxylic acids is 1. The quantitative estimate of drug-likeness (QED) is 0.341. The molecule has 1 aliphatic carbocycles. The van der Waals surface area contributed by atoms with Crippen LogP contribution in [0.25, 0.3) is 22.3 Å². The maximum atomic E-state index is 13.0. The molecule has 0 unspecified atom stereocenters. The Bertz CT molecular complexity index is 1300. The van der Waals surface area contributed by atoms with Crippen LogP contribution in [0.5, 0.6) is 0 Å². The lowest BCUT2D eigenvalue weighted by atomic mass is 9.93. The van der Waals surface area contributed by atoms with Crippen LogP contribution in [0.4, 0.5) is 5.00 Å². The largest absolute Gasteiger partial charge is 0.478 e. The molecule has 32 heavy (non-hydrogen) atoms. The van der Waals surface area contributed by atoms with Crippen LogP contribution in [0, 0.1) is 0 Å². The molecule has 0 atom stereocenters. The Morgan fingerprint density at radius 2 is 1.47 bits per heavy atom. The molecule has 1 aliphatic rings. The van der Waals surface area contributed by atoms with Crippen molar-refractivity contribution in [3.63, 3.8) is 0 Å². The van der Waals surface area contributed by atoms with E-state index in [2.05, 4.69) is 29.6 Å². The predicted octanol–water partition coefficient (Wildman–Crippen LogP) is 6.91. The molecule has 0 fully saturated rings. The number of carbonyl (C=O) groups is 2. The molecule has 0 aliphatic heterocycles. The van der Waals surface area contributed by atoms with Crippen molar-refractivity contribution in [3.05, 3.63) is 99.9 Å². The fourth-order valence-electron chi connectivity index (χ4n) is 4.35. The van der Waals surface area contributed by atoms with Gasteiger partial charge in [-0.05, 0) is 39.9 Å². The highest BCUT2D eigenvalue weighted by Crippen LogP contribution is 2.46. The van der Waals surface area contributed by atoms with Crippen LogP contribution in [-0.2, 0) is 4.79 Å². The molecule has 3 aromatic carbocycles. The molecule has 6 heteroatoms. The van der Waals surface area contributed by atoms with Gasteiger partial charge in [-0.25, -0.2) is 4.79 Å². The zero-order chi connectivity index (χ0) is 22.2. The first-order valence-electron chi connectivity index (χ1n) is 10.1. The van der Waals surface area contributed by atoms with Crippen molar-refractivity contribution in [2.75, 3.05) is 5.32 Å². The molecule has 0 saturated carbocycles. The lowest BCUT2D eigenvalue weighted by Gasteiger charge is -2.13. The van der Waals surface area contributed by atoms with Gasteiger partial charge in [-0.15, -0.1) is 11.3 Å². The van der Waals surface area contributed by atoms with Gasteiger partial charge in [0.15, 0.2) is 0 Å². The topological polar surface area (TPSA) is 66.4 Å². The molecule has 4 aromatic rings. The molecule has 0 spiro atoms. The second-order valence-corrected chi connectivity index (χ2v) is 8.96. The number of nitrogens with one attached hydrogen (secondary N) is 1. The normalized spacial score (nSPS) is 12.3. The number of halogens is 1. The van der Waals surface area contributed by atoms with E-state index in [-0.39, 0.29) is 23.8 Å². The Morgan fingerprint density at radius 1 is 0.875 bits per heavy atom. The summed E-state index contributed by atoms with van der Waals surface area (Å²) in [5.74, 6) is -1.36. The number of hydrogen-bond acceptors (Lipinski definition) is 3. The summed E-state index contributed by atoms with van der Waals surface area (Å²) in [6.07, 6.45) is 0.237. The number of rotatable bonds is 5. The van der Waals surface area contributed by atoms with Crippen LogP contribution in [0.1, 0.15) is 33.8 Å². The fraction of sp³-hybridized carbons (Fsp3) is 0.0769. The Morgan fingerprint density at radius 3 is 2.06 bits per heavy atom. The average molecular weight is 460 g/mol. The first-order valence-corrected chi connectivity index (χ1v) is 11.4. The number of thiophene rings is 1. The number of benzene rings is 3. The van der Waals surface area contributed by atoms with Gasteiger partial charge < -0.3 is 10.4 Å². The van der Waals surface area contributed by atoms with Crippen LogP contribution in [0.2, 0.25) is 5.02 Å². The van der Waals surface area contributed by atoms with Crippen molar-refractivity contribution in [1.29, 1.82) is 0 Å². The SMILES string of the molecule is O=C(CC1c2ccccc2-c2ccccc21)Nc1scc(-c2ccc(Cl)cc2)c1C(=O)O. The molecule has 4 nitrogen and oxygen atoms in total. The van der Waals surface area contributed by atoms with E-state index in [0.29, 0.717) is 15.6 Å². The van der Waals surface area contributed by atoms with E-state index in [1.165, 1.54) is 11.3 Å². The van der Waals surface area contributed by atoms with Crippen LogP contribution in [0.15, 0.2) is 78.2 Å². The average Bonchev–Trinajstić information content (AvgIpc) is 3.34. The van der Waals surface area contributed by atoms with E-state index in [0.717, 1.165) is 27.8 Å². The van der Waals surface area contributed by atoms with Gasteiger partial charge in [-0.1, -0.05) is 72.3 Å². The van der Waals surface area contributed by atoms with E-state index in [1.807, 2.05) is 24.3 Å². The summed E-state index contributed by atoms with van der Waals surface area (Å²) in [4.78, 5) is 25.1. The van der Waals surface area contributed by atoms with Crippen LogP contribution >= 0.6 is 22.9 Å². The van der Waals surface area contributed by atoms with E-state index >= 15 is 0 Å². The second-order valence-electron chi connectivity index (χ2n) is 7.64. The number of carboxylic acid groups (broad SMARTS) is 1. The Hall–Kier alpha value is -3.41. The summed E-state index contributed by atoms with van der Waals surface area (Å²) in [5, 5.41) is 15.4. The predicted molar refractivity (Wildman–Crippen MR) is 129 cm³/mol. The highest BCUT2D eigenvalue weighted by molar-refractivity contribution is 7.15. The minimum atomic E-state index is -1.08. The monoisotopic (exact) mass is 459 g/mol. The zero-order valence-electron chi connectivity index (χ0n) is 16.8. The number of fused-ring (bicyclic) bond motifs is 3. The van der Waals surface area contributed by atoms with Gasteiger partial charge in [0.2, 0.25) is 5.91 Å². The number of hydrogen-bond donors (Lipinski definition) is 2. The summed E-state index contributed by atoms with van der Waals surface area (Å²) in [6.45, 7) is 0. The van der Waals surface area contributed by atoms with E-state index in [1.54, 1.807) is 29.6 Å². The minimum Gasteiger partial charge on any atom is -0.478 e. The van der Waals surface area contributed by atoms with E-state index in [4.69, 9.17) is 11.6 Å². The van der Waals surface area contributed by atoms with Gasteiger partial charge >= 0.3 is 5.97 Å². The molecule has 1 aromatic heterocycles. The Kier molecular flexibility index (Phi) is 5.29. The molecule has 0 radical (unpaired) electrons. The molecule has 158 valence electrons. The summed E-state index contributed by atoms with van der Waals surface area (Å²) < 4.78 is 0. The van der Waals surface area contributed by atoms with E-state index in [9.17, 15) is 14.7 Å². The molecule has 0 bridgehead atoms. The molecule has 1 heterocycles. The maximum absolute atomic E-state index is 13.0. The smallest absolute Gasteiger partial charge is 0.339 e. The lowest BCUT2D eigenvalue weighted by Crippen LogP contribution is -2.16. The van der Waals surface area contributed by atoms with Crippen molar-refractivity contribution >= 4 is 39.8 Å². The van der Waals surface area contributed by atoms with Crippen molar-refractivity contribution < 1.29 is 14.7 Å². The van der Waals surface area contributed by atoms with Crippen molar-refractivity contribution in [1.82, 2.24) is 0 Å². The number of carbonyl (C=O) groups excluding carboxylic acids is 1. The zero-order valence-corrected chi connectivity index (χ0v) is 18.4. The number of amides is 1. The molecule has 2 N–H and O–H groups in total. The van der Waals surface area contributed by atoms with Gasteiger partial charge in [0.05, 0.1) is 0 Å². The summed E-state index contributed by atoms with van der Waals surface area (Å²) in [7, 11) is 0. The number of aromatic carboxylic acids is 1. The third-order valence-electron chi connectivity index (χ3n) is 5.77. The van der Waals surface area contributed by atoms with Crippen LogP contribution in [-0.4, -0.2) is 17.0 Å². The molecular weight excluding hydrogens is 442 g/mol. The first kappa shape index (κ1) is 20.5. The van der Waals surface area contributed by atoms with Crippen molar-refractivity contribution in [2.24, 2.45) is 0 Å². The van der Waals surface area contributed by atoms with Crippen molar-refractivity contribution in [3.8, 4) is 22.3 Å². The number of anilines is 1. The highest BCUT2D eigenvalue weighted by Gasteiger charge is 2.30.